The van der Waals surface area contributed by atoms with E-state index in [2.05, 4.69) is 50.7 Å². The summed E-state index contributed by atoms with van der Waals surface area (Å²) >= 11 is 0. The fourth-order valence-corrected chi connectivity index (χ4v) is 3.97. The van der Waals surface area contributed by atoms with Crippen LogP contribution in [0.3, 0.4) is 0 Å². The molecule has 1 saturated heterocycles. The second-order valence-electron chi connectivity index (χ2n) is 8.07. The summed E-state index contributed by atoms with van der Waals surface area (Å²) in [6.45, 7) is 6.56. The van der Waals surface area contributed by atoms with E-state index in [1.54, 1.807) is 7.11 Å². The predicted octanol–water partition coefficient (Wildman–Crippen LogP) is 3.90. The van der Waals surface area contributed by atoms with Gasteiger partial charge in [0.25, 0.3) is 0 Å². The zero-order valence-corrected chi connectivity index (χ0v) is 18.8. The van der Waals surface area contributed by atoms with Gasteiger partial charge in [0.1, 0.15) is 5.75 Å². The highest BCUT2D eigenvalue weighted by Gasteiger charge is 2.17. The fourth-order valence-electron chi connectivity index (χ4n) is 3.97. The number of carbonyl (C=O) groups is 1. The molecule has 32 heavy (non-hydrogen) atoms. The molecule has 3 aromatic carbocycles. The van der Waals surface area contributed by atoms with Gasteiger partial charge in [0.15, 0.2) is 0 Å². The molecule has 3 aromatic rings. The number of hydrazone groups is 1. The Kier molecular flexibility index (Phi) is 7.02. The van der Waals surface area contributed by atoms with Crippen molar-refractivity contribution in [3.8, 4) is 5.75 Å². The molecule has 1 aliphatic heterocycles. The number of hydrogen-bond acceptors (Lipinski definition) is 5. The first-order valence-corrected chi connectivity index (χ1v) is 11.1. The zero-order chi connectivity index (χ0) is 22.3. The van der Waals surface area contributed by atoms with Gasteiger partial charge in [-0.3, -0.25) is 9.69 Å². The minimum absolute atomic E-state index is 0.0552. The Morgan fingerprint density at radius 2 is 1.69 bits per heavy atom. The molecule has 1 amide bonds. The standard InChI is InChI=1S/C26H30N4O2/c1-20(21-8-9-23-19-25(32-2)11-10-22(23)18-21)27-28-26(31)12-13-29-14-16-30(17-15-29)24-6-4-3-5-7-24/h3-11,18-19H,12-17H2,1-2H3,(H,28,31)/b27-20+. The topological polar surface area (TPSA) is 57.2 Å². The average Bonchev–Trinajstić information content (AvgIpc) is 2.86. The van der Waals surface area contributed by atoms with Gasteiger partial charge in [-0.1, -0.05) is 36.4 Å². The maximum atomic E-state index is 12.3. The third-order valence-corrected chi connectivity index (χ3v) is 5.96. The number of rotatable bonds is 7. The van der Waals surface area contributed by atoms with Crippen molar-refractivity contribution in [1.82, 2.24) is 10.3 Å². The van der Waals surface area contributed by atoms with Gasteiger partial charge in [-0.25, -0.2) is 5.43 Å². The Labute approximate surface area is 189 Å². The van der Waals surface area contributed by atoms with E-state index in [9.17, 15) is 4.79 Å². The van der Waals surface area contributed by atoms with Gasteiger partial charge in [-0.05, 0) is 53.6 Å². The summed E-state index contributed by atoms with van der Waals surface area (Å²) in [5.74, 6) is 0.782. The Bertz CT molecular complexity index is 1090. The van der Waals surface area contributed by atoms with Crippen LogP contribution < -0.4 is 15.1 Å². The summed E-state index contributed by atoms with van der Waals surface area (Å²) in [6.07, 6.45) is 0.444. The minimum Gasteiger partial charge on any atom is -0.497 e. The number of nitrogens with zero attached hydrogens (tertiary/aromatic N) is 3. The van der Waals surface area contributed by atoms with Gasteiger partial charge in [-0.2, -0.15) is 5.10 Å². The SMILES string of the molecule is COc1ccc2cc(/C(C)=N/NC(=O)CCN3CCN(c4ccccc4)CC3)ccc2c1. The molecule has 0 aliphatic carbocycles. The average molecular weight is 431 g/mol. The number of amides is 1. The number of anilines is 1. The largest absolute Gasteiger partial charge is 0.497 e. The van der Waals surface area contributed by atoms with Crippen LogP contribution in [0.15, 0.2) is 71.8 Å². The molecule has 1 heterocycles. The Morgan fingerprint density at radius 1 is 0.969 bits per heavy atom. The second kappa shape index (κ2) is 10.3. The zero-order valence-electron chi connectivity index (χ0n) is 18.8. The molecule has 0 bridgehead atoms. The Balaban J connectivity index is 1.25. The molecule has 1 fully saturated rings. The van der Waals surface area contributed by atoms with Crippen LogP contribution in [-0.4, -0.2) is 56.4 Å². The van der Waals surface area contributed by atoms with Crippen LogP contribution in [0.25, 0.3) is 10.8 Å². The molecule has 0 unspecified atom stereocenters. The lowest BCUT2D eigenvalue weighted by molar-refractivity contribution is -0.121. The fraction of sp³-hybridized carbons (Fsp3) is 0.308. The Morgan fingerprint density at radius 3 is 2.44 bits per heavy atom. The number of fused-ring (bicyclic) bond motifs is 1. The molecule has 0 atom stereocenters. The summed E-state index contributed by atoms with van der Waals surface area (Å²) in [6, 6.07) is 22.6. The predicted molar refractivity (Wildman–Crippen MR) is 131 cm³/mol. The van der Waals surface area contributed by atoms with E-state index in [1.165, 1.54) is 5.69 Å². The molecule has 0 spiro atoms. The van der Waals surface area contributed by atoms with E-state index in [0.717, 1.165) is 60.5 Å². The first-order chi connectivity index (χ1) is 15.6. The summed E-state index contributed by atoms with van der Waals surface area (Å²) < 4.78 is 5.28. The van der Waals surface area contributed by atoms with Crippen molar-refractivity contribution >= 4 is 28.1 Å². The van der Waals surface area contributed by atoms with Gasteiger partial charge in [-0.15, -0.1) is 0 Å². The third kappa shape index (κ3) is 5.45. The summed E-state index contributed by atoms with van der Waals surface area (Å²) in [4.78, 5) is 17.1. The molecule has 0 saturated carbocycles. The van der Waals surface area contributed by atoms with E-state index < -0.39 is 0 Å². The van der Waals surface area contributed by atoms with Crippen LogP contribution in [0.4, 0.5) is 5.69 Å². The highest BCUT2D eigenvalue weighted by atomic mass is 16.5. The van der Waals surface area contributed by atoms with Crippen molar-refractivity contribution in [1.29, 1.82) is 0 Å². The summed E-state index contributed by atoms with van der Waals surface area (Å²) in [5, 5.41) is 6.53. The lowest BCUT2D eigenvalue weighted by Crippen LogP contribution is -2.47. The van der Waals surface area contributed by atoms with Gasteiger partial charge < -0.3 is 9.64 Å². The Hall–Kier alpha value is -3.38. The maximum absolute atomic E-state index is 12.3. The molecule has 0 aromatic heterocycles. The van der Waals surface area contributed by atoms with Crippen molar-refractivity contribution in [2.45, 2.75) is 13.3 Å². The molecular weight excluding hydrogens is 400 g/mol. The molecule has 1 N–H and O–H groups in total. The van der Waals surface area contributed by atoms with Gasteiger partial charge in [0.2, 0.25) is 5.91 Å². The smallest absolute Gasteiger partial charge is 0.241 e. The third-order valence-electron chi connectivity index (χ3n) is 5.96. The van der Waals surface area contributed by atoms with Crippen LogP contribution in [0, 0.1) is 0 Å². The van der Waals surface area contributed by atoms with Crippen molar-refractivity contribution in [3.05, 3.63) is 72.3 Å². The van der Waals surface area contributed by atoms with Crippen LogP contribution in [0.2, 0.25) is 0 Å². The van der Waals surface area contributed by atoms with E-state index in [0.29, 0.717) is 6.42 Å². The number of ether oxygens (including phenoxy) is 1. The molecule has 1 aliphatic rings. The van der Waals surface area contributed by atoms with E-state index in [4.69, 9.17) is 4.74 Å². The van der Waals surface area contributed by atoms with Crippen LogP contribution in [0.1, 0.15) is 18.9 Å². The molecule has 6 heteroatoms. The number of nitrogens with one attached hydrogen (secondary N) is 1. The maximum Gasteiger partial charge on any atom is 0.241 e. The van der Waals surface area contributed by atoms with Crippen molar-refractivity contribution in [3.63, 3.8) is 0 Å². The lowest BCUT2D eigenvalue weighted by atomic mass is 10.0. The number of methoxy groups -OCH3 is 1. The van der Waals surface area contributed by atoms with E-state index in [1.807, 2.05) is 43.3 Å². The van der Waals surface area contributed by atoms with E-state index in [-0.39, 0.29) is 5.91 Å². The molecule has 166 valence electrons. The van der Waals surface area contributed by atoms with E-state index >= 15 is 0 Å². The first-order valence-electron chi connectivity index (χ1n) is 11.1. The quantitative estimate of drug-likeness (QED) is 0.456. The number of carbonyl (C=O) groups excluding carboxylic acids is 1. The number of hydrogen-bond donors (Lipinski definition) is 1. The van der Waals surface area contributed by atoms with Gasteiger partial charge in [0.05, 0.1) is 12.8 Å². The second-order valence-corrected chi connectivity index (χ2v) is 8.07. The van der Waals surface area contributed by atoms with Crippen molar-refractivity contribution < 1.29 is 9.53 Å². The molecule has 0 radical (unpaired) electrons. The van der Waals surface area contributed by atoms with Gasteiger partial charge >= 0.3 is 0 Å². The monoisotopic (exact) mass is 430 g/mol. The molecule has 6 nitrogen and oxygen atoms in total. The van der Waals surface area contributed by atoms with Crippen LogP contribution >= 0.6 is 0 Å². The minimum atomic E-state index is -0.0552. The van der Waals surface area contributed by atoms with Crippen molar-refractivity contribution in [2.24, 2.45) is 5.10 Å². The summed E-state index contributed by atoms with van der Waals surface area (Å²) in [7, 11) is 1.67. The highest BCUT2D eigenvalue weighted by Crippen LogP contribution is 2.22. The normalized spacial score (nSPS) is 15.1. The number of piperazine rings is 1. The van der Waals surface area contributed by atoms with Gasteiger partial charge in [0, 0.05) is 44.8 Å². The number of benzene rings is 3. The number of para-hydroxylation sites is 1. The van der Waals surface area contributed by atoms with Crippen LogP contribution in [-0.2, 0) is 4.79 Å². The highest BCUT2D eigenvalue weighted by molar-refractivity contribution is 6.02. The summed E-state index contributed by atoms with van der Waals surface area (Å²) in [5.41, 5.74) is 5.75. The van der Waals surface area contributed by atoms with Crippen LogP contribution in [0.5, 0.6) is 5.75 Å². The molecular formula is C26H30N4O2. The molecule has 4 rings (SSSR count). The van der Waals surface area contributed by atoms with Crippen molar-refractivity contribution in [2.75, 3.05) is 44.7 Å². The lowest BCUT2D eigenvalue weighted by Gasteiger charge is -2.36. The first kappa shape index (κ1) is 21.8.